The van der Waals surface area contributed by atoms with Crippen LogP contribution in [0.1, 0.15) is 69.6 Å². The van der Waals surface area contributed by atoms with Crippen LogP contribution in [-0.4, -0.2) is 50.5 Å². The van der Waals surface area contributed by atoms with E-state index in [2.05, 4.69) is 10.0 Å². The molecule has 41 heavy (non-hydrogen) atoms. The molecular formula is C33H44N2O5S. The molecule has 1 fully saturated rings. The van der Waals surface area contributed by atoms with E-state index in [0.717, 1.165) is 48.8 Å². The Kier molecular flexibility index (Phi) is 10.9. The van der Waals surface area contributed by atoms with Gasteiger partial charge in [0.1, 0.15) is 0 Å². The van der Waals surface area contributed by atoms with Crippen LogP contribution in [-0.2, 0) is 19.6 Å². The van der Waals surface area contributed by atoms with Crippen molar-refractivity contribution >= 4 is 21.5 Å². The molecule has 3 N–H and O–H groups in total. The highest BCUT2D eigenvalue weighted by molar-refractivity contribution is 7.90. The summed E-state index contributed by atoms with van der Waals surface area (Å²) in [7, 11) is -3.84. The van der Waals surface area contributed by atoms with Gasteiger partial charge < -0.3 is 15.2 Å². The fourth-order valence-electron chi connectivity index (χ4n) is 5.79. The van der Waals surface area contributed by atoms with Crippen LogP contribution in [0.5, 0.6) is 0 Å². The van der Waals surface area contributed by atoms with Gasteiger partial charge in [0.15, 0.2) is 0 Å². The van der Waals surface area contributed by atoms with Gasteiger partial charge in [-0.1, -0.05) is 92.1 Å². The predicted molar refractivity (Wildman–Crippen MR) is 163 cm³/mol. The summed E-state index contributed by atoms with van der Waals surface area (Å²) in [5.41, 5.74) is 1.45. The normalized spacial score (nSPS) is 22.3. The molecule has 0 aromatic heterocycles. The van der Waals surface area contributed by atoms with Crippen LogP contribution in [0.25, 0.3) is 5.57 Å². The molecular weight excluding hydrogens is 536 g/mol. The minimum atomic E-state index is -3.84. The molecule has 0 aliphatic heterocycles. The fourth-order valence-corrected chi connectivity index (χ4v) is 7.30. The van der Waals surface area contributed by atoms with E-state index < -0.39 is 33.6 Å². The maximum absolute atomic E-state index is 14.0. The molecule has 2 aromatic rings. The first-order valence-electron chi connectivity index (χ1n) is 14.8. The summed E-state index contributed by atoms with van der Waals surface area (Å²) in [6.45, 7) is 4.49. The standard InChI is InChI=1S/C33H44N2O5S/c1-25(2)40-31-22-29(27-14-8-4-9-15-27)18-19-33(31,20-21-34-23-30(36)28-16-10-5-11-17-28)32(37)35-41(38,39)24-26-12-6-3-7-13-26/h4-5,8-11,14-19,22,25-26,30-31,34,36H,3,6-7,12-13,20-21,23-24H2,1-2H3,(H,35,37)/t30-,31?,33?/m0/s1. The predicted octanol–water partition coefficient (Wildman–Crippen LogP) is 5.16. The Bertz CT molecular complexity index is 1290. The Balaban J connectivity index is 1.56. The molecule has 3 atom stereocenters. The van der Waals surface area contributed by atoms with Gasteiger partial charge in [-0.2, -0.15) is 0 Å². The highest BCUT2D eigenvalue weighted by Crippen LogP contribution is 2.39. The first-order chi connectivity index (χ1) is 19.7. The summed E-state index contributed by atoms with van der Waals surface area (Å²) >= 11 is 0. The molecule has 7 nitrogen and oxygen atoms in total. The number of ether oxygens (including phenoxy) is 1. The van der Waals surface area contributed by atoms with Crippen molar-refractivity contribution in [3.8, 4) is 0 Å². The number of hydrogen-bond donors (Lipinski definition) is 3. The summed E-state index contributed by atoms with van der Waals surface area (Å²) in [4.78, 5) is 14.0. The quantitative estimate of drug-likeness (QED) is 0.283. The molecule has 0 heterocycles. The van der Waals surface area contributed by atoms with Gasteiger partial charge in [-0.15, -0.1) is 0 Å². The van der Waals surface area contributed by atoms with Gasteiger partial charge in [0.05, 0.1) is 29.5 Å². The summed E-state index contributed by atoms with van der Waals surface area (Å²) in [6.07, 6.45) is 9.26. The van der Waals surface area contributed by atoms with Gasteiger partial charge >= 0.3 is 0 Å². The molecule has 0 radical (unpaired) electrons. The second kappa shape index (κ2) is 14.4. The van der Waals surface area contributed by atoms with E-state index in [0.29, 0.717) is 13.1 Å². The van der Waals surface area contributed by atoms with Crippen LogP contribution in [0.15, 0.2) is 78.9 Å². The highest BCUT2D eigenvalue weighted by atomic mass is 32.2. The van der Waals surface area contributed by atoms with Crippen LogP contribution >= 0.6 is 0 Å². The van der Waals surface area contributed by atoms with E-state index >= 15 is 0 Å². The van der Waals surface area contributed by atoms with Crippen molar-refractivity contribution in [3.05, 3.63) is 90.0 Å². The number of carbonyl (C=O) groups is 1. The Morgan fingerprint density at radius 3 is 2.34 bits per heavy atom. The highest BCUT2D eigenvalue weighted by Gasteiger charge is 2.46. The summed E-state index contributed by atoms with van der Waals surface area (Å²) in [6, 6.07) is 19.2. The fraction of sp³-hybridized carbons (Fsp3) is 0.485. The molecule has 0 saturated heterocycles. The van der Waals surface area contributed by atoms with Gasteiger partial charge in [-0.3, -0.25) is 9.52 Å². The monoisotopic (exact) mass is 580 g/mol. The van der Waals surface area contributed by atoms with E-state index in [4.69, 9.17) is 4.74 Å². The van der Waals surface area contributed by atoms with Gasteiger partial charge in [-0.05, 0) is 68.3 Å². The van der Waals surface area contributed by atoms with Crippen molar-refractivity contribution in [3.63, 3.8) is 0 Å². The van der Waals surface area contributed by atoms with Crippen molar-refractivity contribution in [1.29, 1.82) is 0 Å². The third-order valence-corrected chi connectivity index (χ3v) is 9.42. The Labute approximate surface area is 245 Å². The smallest absolute Gasteiger partial charge is 0.246 e. The number of amides is 1. The minimum absolute atomic E-state index is 0.0408. The van der Waals surface area contributed by atoms with Gasteiger partial charge in [0.25, 0.3) is 0 Å². The van der Waals surface area contributed by atoms with E-state index in [9.17, 15) is 18.3 Å². The lowest BCUT2D eigenvalue weighted by molar-refractivity contribution is -0.135. The maximum Gasteiger partial charge on any atom is 0.246 e. The molecule has 2 aliphatic carbocycles. The lowest BCUT2D eigenvalue weighted by Crippen LogP contribution is -2.52. The molecule has 222 valence electrons. The zero-order valence-corrected chi connectivity index (χ0v) is 25.0. The molecule has 4 rings (SSSR count). The SMILES string of the molecule is CC(C)OC1C=C(c2ccccc2)C=CC1(CCNC[C@H](O)c1ccccc1)C(=O)NS(=O)(=O)CC1CCCCC1. The summed E-state index contributed by atoms with van der Waals surface area (Å²) in [5.74, 6) is -0.551. The molecule has 1 amide bonds. The lowest BCUT2D eigenvalue weighted by Gasteiger charge is -2.39. The average Bonchev–Trinajstić information content (AvgIpc) is 2.96. The van der Waals surface area contributed by atoms with Crippen molar-refractivity contribution < 1.29 is 23.1 Å². The lowest BCUT2D eigenvalue weighted by atomic mass is 9.73. The second-order valence-corrected chi connectivity index (χ2v) is 13.3. The summed E-state index contributed by atoms with van der Waals surface area (Å²) in [5, 5.41) is 13.9. The zero-order chi connectivity index (χ0) is 29.3. The van der Waals surface area contributed by atoms with Crippen molar-refractivity contribution in [2.24, 2.45) is 11.3 Å². The molecule has 2 aliphatic rings. The minimum Gasteiger partial charge on any atom is -0.387 e. The van der Waals surface area contributed by atoms with E-state index in [1.54, 1.807) is 0 Å². The molecule has 2 aromatic carbocycles. The van der Waals surface area contributed by atoms with Gasteiger partial charge in [0.2, 0.25) is 15.9 Å². The van der Waals surface area contributed by atoms with Crippen LogP contribution in [0, 0.1) is 11.3 Å². The number of rotatable bonds is 13. The largest absolute Gasteiger partial charge is 0.387 e. The van der Waals surface area contributed by atoms with E-state index in [1.165, 1.54) is 0 Å². The van der Waals surface area contributed by atoms with Gasteiger partial charge in [0, 0.05) is 6.54 Å². The van der Waals surface area contributed by atoms with Crippen molar-refractivity contribution in [2.75, 3.05) is 18.8 Å². The molecule has 1 saturated carbocycles. The van der Waals surface area contributed by atoms with Gasteiger partial charge in [-0.25, -0.2) is 8.42 Å². The number of hydrogen-bond acceptors (Lipinski definition) is 6. The topological polar surface area (TPSA) is 105 Å². The number of aliphatic hydroxyl groups excluding tert-OH is 1. The Morgan fingerprint density at radius 1 is 1.02 bits per heavy atom. The molecule has 0 bridgehead atoms. The number of aliphatic hydroxyl groups is 1. The first-order valence-corrected chi connectivity index (χ1v) is 16.4. The summed E-state index contributed by atoms with van der Waals surface area (Å²) < 4.78 is 35.2. The maximum atomic E-state index is 14.0. The second-order valence-electron chi connectivity index (χ2n) is 11.6. The first kappa shape index (κ1) is 31.2. The number of benzene rings is 2. The third-order valence-electron chi connectivity index (χ3n) is 8.01. The Morgan fingerprint density at radius 2 is 1.68 bits per heavy atom. The van der Waals surface area contributed by atoms with Crippen LogP contribution < -0.4 is 10.0 Å². The van der Waals surface area contributed by atoms with Crippen LogP contribution in [0.3, 0.4) is 0 Å². The molecule has 2 unspecified atom stereocenters. The zero-order valence-electron chi connectivity index (χ0n) is 24.2. The van der Waals surface area contributed by atoms with E-state index in [-0.39, 0.29) is 24.2 Å². The number of nitrogens with one attached hydrogen (secondary N) is 2. The van der Waals surface area contributed by atoms with Crippen LogP contribution in [0.2, 0.25) is 0 Å². The van der Waals surface area contributed by atoms with E-state index in [1.807, 2.05) is 92.7 Å². The molecule has 8 heteroatoms. The third kappa shape index (κ3) is 8.61. The van der Waals surface area contributed by atoms with Crippen molar-refractivity contribution in [2.45, 2.75) is 70.7 Å². The average molecular weight is 581 g/mol. The van der Waals surface area contributed by atoms with Crippen LogP contribution in [0.4, 0.5) is 0 Å². The number of sulfonamides is 1. The number of carbonyl (C=O) groups excluding carboxylic acids is 1. The Hall–Kier alpha value is -2.78. The van der Waals surface area contributed by atoms with Crippen molar-refractivity contribution in [1.82, 2.24) is 10.0 Å². The molecule has 0 spiro atoms. The number of allylic oxidation sites excluding steroid dienone is 2.